The van der Waals surface area contributed by atoms with Gasteiger partial charge in [0, 0.05) is 6.54 Å². The fraction of sp³-hybridized carbons (Fsp3) is 0.417. The highest BCUT2D eigenvalue weighted by atomic mass is 16.4. The molecule has 4 nitrogen and oxygen atoms in total. The molecular formula is C12H15NO3. The largest absolute Gasteiger partial charge is 0.508 e. The molecule has 1 aliphatic rings. The first kappa shape index (κ1) is 11.0. The number of nitrogens with one attached hydrogen (secondary N) is 1. The van der Waals surface area contributed by atoms with Gasteiger partial charge in [-0.25, -0.2) is 0 Å². The van der Waals surface area contributed by atoms with Crippen LogP contribution in [-0.4, -0.2) is 22.2 Å². The molecule has 0 bridgehead atoms. The minimum absolute atomic E-state index is 0.223. The van der Waals surface area contributed by atoms with E-state index in [2.05, 4.69) is 5.32 Å². The summed E-state index contributed by atoms with van der Waals surface area (Å²) in [5.41, 5.74) is 0.977. The molecule has 1 fully saturated rings. The smallest absolute Gasteiger partial charge is 0.320 e. The SMILES string of the molecule is O=C(O)C(NCc1ccc(O)cc1)C1CC1. The molecule has 0 aliphatic heterocycles. The Bertz CT molecular complexity index is 370. The zero-order chi connectivity index (χ0) is 11.5. The number of aromatic hydroxyl groups is 1. The lowest BCUT2D eigenvalue weighted by Crippen LogP contribution is -2.37. The second kappa shape index (κ2) is 4.53. The monoisotopic (exact) mass is 221 g/mol. The van der Waals surface area contributed by atoms with Crippen molar-refractivity contribution in [1.29, 1.82) is 0 Å². The fourth-order valence-electron chi connectivity index (χ4n) is 1.73. The highest BCUT2D eigenvalue weighted by molar-refractivity contribution is 5.74. The maximum absolute atomic E-state index is 11.0. The maximum atomic E-state index is 11.0. The molecule has 0 saturated heterocycles. The Hall–Kier alpha value is -1.55. The lowest BCUT2D eigenvalue weighted by atomic mass is 10.1. The molecule has 4 heteroatoms. The van der Waals surface area contributed by atoms with Gasteiger partial charge in [-0.1, -0.05) is 12.1 Å². The summed E-state index contributed by atoms with van der Waals surface area (Å²) in [6, 6.07) is 6.34. The second-order valence-electron chi connectivity index (χ2n) is 4.20. The van der Waals surface area contributed by atoms with Crippen molar-refractivity contribution in [2.24, 2.45) is 5.92 Å². The number of phenolic OH excluding ortho intramolecular Hbond substituents is 1. The summed E-state index contributed by atoms with van der Waals surface area (Å²) in [7, 11) is 0. The van der Waals surface area contributed by atoms with Crippen LogP contribution in [0.2, 0.25) is 0 Å². The van der Waals surface area contributed by atoms with Gasteiger partial charge in [-0.05, 0) is 36.5 Å². The van der Waals surface area contributed by atoms with Crippen molar-refractivity contribution in [2.75, 3.05) is 0 Å². The molecule has 2 rings (SSSR count). The van der Waals surface area contributed by atoms with Gasteiger partial charge in [0.2, 0.25) is 0 Å². The van der Waals surface area contributed by atoms with Gasteiger partial charge in [-0.3, -0.25) is 4.79 Å². The van der Waals surface area contributed by atoms with Crippen LogP contribution in [0.4, 0.5) is 0 Å². The number of aliphatic carboxylic acids is 1. The highest BCUT2D eigenvalue weighted by Crippen LogP contribution is 2.32. The van der Waals surface area contributed by atoms with Crippen LogP contribution in [0.15, 0.2) is 24.3 Å². The molecule has 0 radical (unpaired) electrons. The standard InChI is InChI=1S/C12H15NO3/c14-10-5-1-8(2-6-10)7-13-11(12(15)16)9-3-4-9/h1-2,5-6,9,11,13-14H,3-4,7H2,(H,15,16). The van der Waals surface area contributed by atoms with Crippen molar-refractivity contribution < 1.29 is 15.0 Å². The van der Waals surface area contributed by atoms with Gasteiger partial charge in [0.15, 0.2) is 0 Å². The third-order valence-electron chi connectivity index (χ3n) is 2.82. The van der Waals surface area contributed by atoms with Gasteiger partial charge in [-0.15, -0.1) is 0 Å². The number of rotatable bonds is 5. The normalized spacial score (nSPS) is 17.0. The highest BCUT2D eigenvalue weighted by Gasteiger charge is 2.35. The molecule has 1 saturated carbocycles. The van der Waals surface area contributed by atoms with Gasteiger partial charge in [0.25, 0.3) is 0 Å². The molecule has 0 spiro atoms. The van der Waals surface area contributed by atoms with E-state index < -0.39 is 12.0 Å². The minimum atomic E-state index is -0.777. The summed E-state index contributed by atoms with van der Waals surface area (Å²) in [6.45, 7) is 0.522. The third kappa shape index (κ3) is 2.73. The first-order valence-electron chi connectivity index (χ1n) is 5.41. The molecule has 1 unspecified atom stereocenters. The van der Waals surface area contributed by atoms with Crippen LogP contribution in [0.1, 0.15) is 18.4 Å². The molecule has 16 heavy (non-hydrogen) atoms. The van der Waals surface area contributed by atoms with Crippen molar-refractivity contribution >= 4 is 5.97 Å². The molecule has 3 N–H and O–H groups in total. The summed E-state index contributed by atoms with van der Waals surface area (Å²) >= 11 is 0. The number of carbonyl (C=O) groups is 1. The first-order valence-corrected chi connectivity index (χ1v) is 5.41. The topological polar surface area (TPSA) is 69.6 Å². The van der Waals surface area contributed by atoms with Gasteiger partial charge >= 0.3 is 5.97 Å². The lowest BCUT2D eigenvalue weighted by molar-refractivity contribution is -0.140. The van der Waals surface area contributed by atoms with Gasteiger partial charge in [0.05, 0.1) is 0 Å². The predicted octanol–water partition coefficient (Wildman–Crippen LogP) is 1.34. The molecule has 1 atom stereocenters. The van der Waals surface area contributed by atoms with Crippen LogP contribution in [0.3, 0.4) is 0 Å². The van der Waals surface area contributed by atoms with E-state index in [1.807, 2.05) is 0 Å². The lowest BCUT2D eigenvalue weighted by Gasteiger charge is -2.13. The molecule has 1 aliphatic carbocycles. The number of carboxylic acids is 1. The van der Waals surface area contributed by atoms with Crippen molar-refractivity contribution in [3.8, 4) is 5.75 Å². The predicted molar refractivity (Wildman–Crippen MR) is 59.1 cm³/mol. The quantitative estimate of drug-likeness (QED) is 0.702. The number of carboxylic acid groups (broad SMARTS) is 1. The van der Waals surface area contributed by atoms with E-state index in [9.17, 15) is 4.79 Å². The molecule has 1 aromatic carbocycles. The third-order valence-corrected chi connectivity index (χ3v) is 2.82. The summed E-state index contributed by atoms with van der Waals surface area (Å²) in [5.74, 6) is -0.267. The average molecular weight is 221 g/mol. The number of benzene rings is 1. The van der Waals surface area contributed by atoms with E-state index >= 15 is 0 Å². The van der Waals surface area contributed by atoms with Crippen molar-refractivity contribution in [3.63, 3.8) is 0 Å². The Labute approximate surface area is 93.9 Å². The Morgan fingerprint density at radius 1 is 1.38 bits per heavy atom. The van der Waals surface area contributed by atoms with Crippen LogP contribution in [0.25, 0.3) is 0 Å². The number of phenols is 1. The van der Waals surface area contributed by atoms with E-state index in [0.29, 0.717) is 6.54 Å². The Kier molecular flexibility index (Phi) is 3.10. The van der Waals surface area contributed by atoms with Crippen molar-refractivity contribution in [2.45, 2.75) is 25.4 Å². The van der Waals surface area contributed by atoms with E-state index in [0.717, 1.165) is 18.4 Å². The van der Waals surface area contributed by atoms with E-state index in [-0.39, 0.29) is 11.7 Å². The van der Waals surface area contributed by atoms with Gasteiger partial charge in [0.1, 0.15) is 11.8 Å². The minimum Gasteiger partial charge on any atom is -0.508 e. The molecule has 1 aromatic rings. The number of hydrogen-bond acceptors (Lipinski definition) is 3. The number of hydrogen-bond donors (Lipinski definition) is 3. The zero-order valence-electron chi connectivity index (χ0n) is 8.89. The summed E-state index contributed by atoms with van der Waals surface area (Å²) in [4.78, 5) is 11.0. The first-order chi connectivity index (χ1) is 7.66. The summed E-state index contributed by atoms with van der Waals surface area (Å²) in [6.07, 6.45) is 2.00. The van der Waals surface area contributed by atoms with E-state index in [4.69, 9.17) is 10.2 Å². The summed E-state index contributed by atoms with van der Waals surface area (Å²) < 4.78 is 0. The van der Waals surface area contributed by atoms with Gasteiger partial charge < -0.3 is 15.5 Å². The molecular weight excluding hydrogens is 206 g/mol. The Balaban J connectivity index is 1.90. The average Bonchev–Trinajstić information content (AvgIpc) is 3.05. The van der Waals surface area contributed by atoms with Gasteiger partial charge in [-0.2, -0.15) is 0 Å². The summed E-state index contributed by atoms with van der Waals surface area (Å²) in [5, 5.41) is 21.1. The van der Waals surface area contributed by atoms with Crippen LogP contribution >= 0.6 is 0 Å². The van der Waals surface area contributed by atoms with Crippen LogP contribution in [0.5, 0.6) is 5.75 Å². The van der Waals surface area contributed by atoms with Crippen LogP contribution in [-0.2, 0) is 11.3 Å². The Morgan fingerprint density at radius 2 is 2.00 bits per heavy atom. The van der Waals surface area contributed by atoms with E-state index in [1.54, 1.807) is 24.3 Å². The van der Waals surface area contributed by atoms with Crippen LogP contribution in [0, 0.1) is 5.92 Å². The maximum Gasteiger partial charge on any atom is 0.320 e. The second-order valence-corrected chi connectivity index (χ2v) is 4.20. The molecule has 0 amide bonds. The molecule has 86 valence electrons. The van der Waals surface area contributed by atoms with Crippen molar-refractivity contribution in [1.82, 2.24) is 5.32 Å². The van der Waals surface area contributed by atoms with Crippen molar-refractivity contribution in [3.05, 3.63) is 29.8 Å². The Morgan fingerprint density at radius 3 is 2.50 bits per heavy atom. The molecule has 0 aromatic heterocycles. The fourth-order valence-corrected chi connectivity index (χ4v) is 1.73. The zero-order valence-corrected chi connectivity index (χ0v) is 8.89. The van der Waals surface area contributed by atoms with Crippen LogP contribution < -0.4 is 5.32 Å². The molecule has 0 heterocycles. The van der Waals surface area contributed by atoms with E-state index in [1.165, 1.54) is 0 Å².